The van der Waals surface area contributed by atoms with Crippen molar-refractivity contribution in [2.45, 2.75) is 187 Å². The molecule has 1 heterocycles. The number of nitrogens with one attached hydrogen (secondary N) is 1. The third-order valence-corrected chi connectivity index (χ3v) is 9.57. The molecule has 1 aliphatic rings. The van der Waals surface area contributed by atoms with Gasteiger partial charge in [-0.25, -0.2) is 0 Å². The van der Waals surface area contributed by atoms with Gasteiger partial charge in [0, 0.05) is 45.4 Å². The first-order valence-corrected chi connectivity index (χ1v) is 21.0. The highest BCUT2D eigenvalue weighted by atomic mass is 16.5. The lowest BCUT2D eigenvalue weighted by Gasteiger charge is -2.36. The molecular weight excluding hydrogens is 588 g/mol. The van der Waals surface area contributed by atoms with Gasteiger partial charge in [-0.2, -0.15) is 0 Å². The number of unbranched alkanes of at least 4 members (excludes halogenated alkanes) is 18. The van der Waals surface area contributed by atoms with Crippen molar-refractivity contribution in [1.82, 2.24) is 10.2 Å². The number of ether oxygens (including phenoxy) is 2. The van der Waals surface area contributed by atoms with Crippen LogP contribution in [0.25, 0.3) is 0 Å². The monoisotopic (exact) mass is 671 g/mol. The van der Waals surface area contributed by atoms with Crippen LogP contribution in [-0.2, 0) is 9.47 Å². The molecule has 1 N–H and O–H groups in total. The molecule has 1 rings (SSSR count). The van der Waals surface area contributed by atoms with Gasteiger partial charge in [0.2, 0.25) is 0 Å². The second kappa shape index (κ2) is 37.1. The summed E-state index contributed by atoms with van der Waals surface area (Å²) >= 11 is 0. The second-order valence-electron chi connectivity index (χ2n) is 14.3. The number of hydrogen-bond acceptors (Lipinski definition) is 4. The molecule has 0 amide bonds. The zero-order valence-electron chi connectivity index (χ0n) is 32.5. The lowest BCUT2D eigenvalue weighted by molar-refractivity contribution is -0.0411. The van der Waals surface area contributed by atoms with Crippen LogP contribution in [0.5, 0.6) is 0 Å². The molecule has 4 nitrogen and oxygen atoms in total. The van der Waals surface area contributed by atoms with E-state index in [2.05, 4.69) is 79.6 Å². The minimum absolute atomic E-state index is 0.188. The molecule has 48 heavy (non-hydrogen) atoms. The molecule has 1 fully saturated rings. The largest absolute Gasteiger partial charge is 0.379 e. The molecule has 1 saturated heterocycles. The lowest BCUT2D eigenvalue weighted by Crippen LogP contribution is -2.52. The Morgan fingerprint density at radius 2 is 1.04 bits per heavy atom. The first-order valence-electron chi connectivity index (χ1n) is 21.0. The molecule has 0 aromatic heterocycles. The van der Waals surface area contributed by atoms with E-state index in [4.69, 9.17) is 9.47 Å². The van der Waals surface area contributed by atoms with Crippen LogP contribution in [-0.4, -0.2) is 63.0 Å². The maximum atomic E-state index is 6.43. The average molecular weight is 671 g/mol. The Kier molecular flexibility index (Phi) is 34.6. The van der Waals surface area contributed by atoms with Gasteiger partial charge in [-0.05, 0) is 84.0 Å². The molecule has 2 unspecified atom stereocenters. The highest BCUT2D eigenvalue weighted by Gasteiger charge is 2.22. The van der Waals surface area contributed by atoms with Gasteiger partial charge in [0.1, 0.15) is 0 Å². The van der Waals surface area contributed by atoms with Gasteiger partial charge >= 0.3 is 0 Å². The van der Waals surface area contributed by atoms with Gasteiger partial charge in [0.25, 0.3) is 0 Å². The Labute approximate surface area is 300 Å². The molecule has 1 aliphatic heterocycles. The SMILES string of the molecule is CCCCC/C=C\C/C=C\CCCCCCCCOCC(CN1CCNCC1C)OCCCCCCCC/C=C\C/C=C\CCCCC. The van der Waals surface area contributed by atoms with E-state index in [1.54, 1.807) is 0 Å². The Balaban J connectivity index is 2.06. The Morgan fingerprint density at radius 3 is 1.54 bits per heavy atom. The molecule has 0 radical (unpaired) electrons. The topological polar surface area (TPSA) is 33.7 Å². The van der Waals surface area contributed by atoms with Gasteiger partial charge in [-0.3, -0.25) is 4.90 Å². The van der Waals surface area contributed by atoms with Crippen molar-refractivity contribution < 1.29 is 9.47 Å². The quantitative estimate of drug-likeness (QED) is 0.0537. The smallest absolute Gasteiger partial charge is 0.0935 e. The summed E-state index contributed by atoms with van der Waals surface area (Å²) in [5.41, 5.74) is 0. The molecular formula is C44H82N2O2. The number of rotatable bonds is 35. The number of nitrogens with zero attached hydrogens (tertiary/aromatic N) is 1. The average Bonchev–Trinajstić information content (AvgIpc) is 3.09. The molecule has 0 bridgehead atoms. The van der Waals surface area contributed by atoms with E-state index in [1.807, 2.05) is 0 Å². The van der Waals surface area contributed by atoms with E-state index in [9.17, 15) is 0 Å². The molecule has 280 valence electrons. The molecule has 0 aromatic rings. The van der Waals surface area contributed by atoms with Crippen LogP contribution >= 0.6 is 0 Å². The van der Waals surface area contributed by atoms with Crippen LogP contribution in [0.1, 0.15) is 175 Å². The summed E-state index contributed by atoms with van der Waals surface area (Å²) in [6, 6.07) is 0.569. The van der Waals surface area contributed by atoms with E-state index in [0.717, 1.165) is 58.8 Å². The van der Waals surface area contributed by atoms with Gasteiger partial charge in [-0.15, -0.1) is 0 Å². The van der Waals surface area contributed by atoms with Crippen LogP contribution < -0.4 is 5.32 Å². The molecule has 2 atom stereocenters. The van der Waals surface area contributed by atoms with Gasteiger partial charge in [-0.1, -0.05) is 140 Å². The number of piperazine rings is 1. The number of hydrogen-bond donors (Lipinski definition) is 1. The lowest BCUT2D eigenvalue weighted by atomic mass is 10.1. The minimum atomic E-state index is 0.188. The zero-order chi connectivity index (χ0) is 34.4. The van der Waals surface area contributed by atoms with Crippen LogP contribution in [0, 0.1) is 0 Å². The Hall–Kier alpha value is -1.20. The molecule has 0 spiro atoms. The van der Waals surface area contributed by atoms with Crippen LogP contribution in [0.4, 0.5) is 0 Å². The van der Waals surface area contributed by atoms with E-state index in [-0.39, 0.29) is 6.10 Å². The van der Waals surface area contributed by atoms with Crippen molar-refractivity contribution >= 4 is 0 Å². The Bertz CT molecular complexity index is 761. The predicted molar refractivity (Wildman–Crippen MR) is 213 cm³/mol. The van der Waals surface area contributed by atoms with Gasteiger partial charge in [0.15, 0.2) is 0 Å². The van der Waals surface area contributed by atoms with Crippen LogP contribution in [0.2, 0.25) is 0 Å². The standard InChI is InChI=1S/C44H82N2O2/c1-4-6-8-10-12-14-16-18-20-22-24-26-28-30-32-34-38-47-42-44(41-46-37-36-45-40-43(46)3)48-39-35-33-31-29-27-25-23-21-19-17-15-13-11-9-7-5-2/h12-15,18-21,43-45H,4-11,16-17,22-42H2,1-3H3/b14-12-,15-13-,20-18-,21-19-. The first-order chi connectivity index (χ1) is 23.8. The summed E-state index contributed by atoms with van der Waals surface area (Å²) in [6.07, 6.45) is 49.8. The van der Waals surface area contributed by atoms with Gasteiger partial charge < -0.3 is 14.8 Å². The fraction of sp³-hybridized carbons (Fsp3) is 0.818. The summed E-state index contributed by atoms with van der Waals surface area (Å²) in [4.78, 5) is 2.59. The normalized spacial score (nSPS) is 16.9. The molecule has 4 heteroatoms. The maximum Gasteiger partial charge on any atom is 0.0935 e. The fourth-order valence-corrected chi connectivity index (χ4v) is 6.32. The summed E-state index contributed by atoms with van der Waals surface area (Å²) in [6.45, 7) is 13.6. The van der Waals surface area contributed by atoms with Crippen molar-refractivity contribution in [3.05, 3.63) is 48.6 Å². The van der Waals surface area contributed by atoms with Crippen molar-refractivity contribution in [3.63, 3.8) is 0 Å². The van der Waals surface area contributed by atoms with Crippen molar-refractivity contribution in [2.75, 3.05) is 46.0 Å². The summed E-state index contributed by atoms with van der Waals surface area (Å²) in [7, 11) is 0. The minimum Gasteiger partial charge on any atom is -0.379 e. The van der Waals surface area contributed by atoms with E-state index >= 15 is 0 Å². The third-order valence-electron chi connectivity index (χ3n) is 9.57. The van der Waals surface area contributed by atoms with Gasteiger partial charge in [0.05, 0.1) is 12.7 Å². The van der Waals surface area contributed by atoms with Crippen LogP contribution in [0.3, 0.4) is 0 Å². The summed E-state index contributed by atoms with van der Waals surface area (Å²) in [5.74, 6) is 0. The zero-order valence-corrected chi connectivity index (χ0v) is 32.5. The Morgan fingerprint density at radius 1 is 0.583 bits per heavy atom. The highest BCUT2D eigenvalue weighted by Crippen LogP contribution is 2.12. The second-order valence-corrected chi connectivity index (χ2v) is 14.3. The molecule has 0 saturated carbocycles. The van der Waals surface area contributed by atoms with E-state index in [1.165, 1.54) is 141 Å². The van der Waals surface area contributed by atoms with E-state index < -0.39 is 0 Å². The van der Waals surface area contributed by atoms with Crippen LogP contribution in [0.15, 0.2) is 48.6 Å². The predicted octanol–water partition coefficient (Wildman–Crippen LogP) is 12.3. The first kappa shape index (κ1) is 44.8. The molecule has 0 aromatic carbocycles. The fourth-order valence-electron chi connectivity index (χ4n) is 6.32. The number of allylic oxidation sites excluding steroid dienone is 8. The van der Waals surface area contributed by atoms with E-state index in [0.29, 0.717) is 6.04 Å². The highest BCUT2D eigenvalue weighted by molar-refractivity contribution is 4.93. The summed E-state index contributed by atoms with van der Waals surface area (Å²) in [5, 5.41) is 3.52. The van der Waals surface area contributed by atoms with Crippen molar-refractivity contribution in [1.29, 1.82) is 0 Å². The third kappa shape index (κ3) is 30.8. The van der Waals surface area contributed by atoms with Crippen molar-refractivity contribution in [2.24, 2.45) is 0 Å². The summed E-state index contributed by atoms with van der Waals surface area (Å²) < 4.78 is 12.6. The van der Waals surface area contributed by atoms with Crippen molar-refractivity contribution in [3.8, 4) is 0 Å². The molecule has 0 aliphatic carbocycles. The maximum absolute atomic E-state index is 6.43.